The van der Waals surface area contributed by atoms with Crippen LogP contribution in [0.3, 0.4) is 0 Å². The molecule has 1 heterocycles. The van der Waals surface area contributed by atoms with Gasteiger partial charge in [0.2, 0.25) is 0 Å². The highest BCUT2D eigenvalue weighted by atomic mass is 19.2. The first-order chi connectivity index (χ1) is 11.1. The molecule has 2 aromatic carbocycles. The van der Waals surface area contributed by atoms with Crippen molar-refractivity contribution in [3.8, 4) is 11.8 Å². The first-order valence-electron chi connectivity index (χ1n) is 6.71. The first-order valence-corrected chi connectivity index (χ1v) is 6.71. The van der Waals surface area contributed by atoms with Gasteiger partial charge in [-0.15, -0.1) is 0 Å². The molecule has 0 saturated heterocycles. The number of nitriles is 1. The summed E-state index contributed by atoms with van der Waals surface area (Å²) in [6.07, 6.45) is 1.43. The van der Waals surface area contributed by atoms with Gasteiger partial charge in [0.05, 0.1) is 23.9 Å². The lowest BCUT2D eigenvalue weighted by Gasteiger charge is -2.12. The normalized spacial score (nSPS) is 10.3. The van der Waals surface area contributed by atoms with E-state index in [-0.39, 0.29) is 5.56 Å². The zero-order valence-electron chi connectivity index (χ0n) is 12.1. The number of pyridine rings is 1. The van der Waals surface area contributed by atoms with Gasteiger partial charge in [-0.3, -0.25) is 4.98 Å². The van der Waals surface area contributed by atoms with Crippen LogP contribution in [0.4, 0.5) is 20.2 Å². The van der Waals surface area contributed by atoms with Gasteiger partial charge in [0, 0.05) is 23.3 Å². The molecule has 23 heavy (non-hydrogen) atoms. The fourth-order valence-corrected chi connectivity index (χ4v) is 2.24. The van der Waals surface area contributed by atoms with E-state index in [1.54, 1.807) is 18.2 Å². The van der Waals surface area contributed by atoms with Crippen molar-refractivity contribution in [2.45, 2.75) is 0 Å². The quantitative estimate of drug-likeness (QED) is 0.790. The van der Waals surface area contributed by atoms with Crippen LogP contribution in [-0.2, 0) is 0 Å². The summed E-state index contributed by atoms with van der Waals surface area (Å²) in [4.78, 5) is 4.21. The van der Waals surface area contributed by atoms with E-state index >= 15 is 0 Å². The van der Waals surface area contributed by atoms with E-state index in [4.69, 9.17) is 4.74 Å². The monoisotopic (exact) mass is 311 g/mol. The number of methoxy groups -OCH3 is 1. The zero-order valence-corrected chi connectivity index (χ0v) is 12.1. The second-order valence-electron chi connectivity index (χ2n) is 4.80. The molecule has 6 heteroatoms. The predicted octanol–water partition coefficient (Wildman–Crippen LogP) is 4.14. The molecule has 0 aliphatic rings. The summed E-state index contributed by atoms with van der Waals surface area (Å²) in [5, 5.41) is 12.9. The van der Waals surface area contributed by atoms with E-state index in [1.807, 2.05) is 6.07 Å². The molecule has 114 valence electrons. The molecule has 0 radical (unpaired) electrons. The molecule has 0 amide bonds. The fraction of sp³-hybridized carbons (Fsp3) is 0.0588. The van der Waals surface area contributed by atoms with Crippen molar-refractivity contribution >= 4 is 22.3 Å². The maximum absolute atomic E-state index is 13.4. The second kappa shape index (κ2) is 5.89. The molecule has 0 aliphatic heterocycles. The summed E-state index contributed by atoms with van der Waals surface area (Å²) in [5.41, 5.74) is 1.73. The predicted molar refractivity (Wildman–Crippen MR) is 82.7 cm³/mol. The van der Waals surface area contributed by atoms with Gasteiger partial charge in [0.25, 0.3) is 0 Å². The lowest BCUT2D eigenvalue weighted by atomic mass is 10.1. The Morgan fingerprint density at radius 1 is 1.13 bits per heavy atom. The molecule has 0 aliphatic carbocycles. The van der Waals surface area contributed by atoms with Crippen LogP contribution in [0.2, 0.25) is 0 Å². The average Bonchev–Trinajstić information content (AvgIpc) is 2.58. The number of rotatable bonds is 3. The van der Waals surface area contributed by atoms with Crippen LogP contribution in [0.5, 0.6) is 5.75 Å². The van der Waals surface area contributed by atoms with Crippen molar-refractivity contribution in [1.82, 2.24) is 4.98 Å². The van der Waals surface area contributed by atoms with Gasteiger partial charge in [0.15, 0.2) is 11.6 Å². The van der Waals surface area contributed by atoms with Crippen molar-refractivity contribution in [1.29, 1.82) is 5.26 Å². The number of nitrogens with one attached hydrogen (secondary N) is 1. The van der Waals surface area contributed by atoms with Gasteiger partial charge in [-0.1, -0.05) is 0 Å². The van der Waals surface area contributed by atoms with E-state index in [0.717, 1.165) is 12.1 Å². The summed E-state index contributed by atoms with van der Waals surface area (Å²) in [6, 6.07) is 10.7. The van der Waals surface area contributed by atoms with Crippen LogP contribution >= 0.6 is 0 Å². The number of fused-ring (bicyclic) bond motifs is 1. The van der Waals surface area contributed by atoms with E-state index in [0.29, 0.717) is 28.0 Å². The Labute approximate surface area is 131 Å². The number of ether oxygens (including phenoxy) is 1. The Morgan fingerprint density at radius 2 is 1.96 bits per heavy atom. The van der Waals surface area contributed by atoms with Crippen LogP contribution in [-0.4, -0.2) is 12.1 Å². The second-order valence-corrected chi connectivity index (χ2v) is 4.80. The van der Waals surface area contributed by atoms with E-state index in [9.17, 15) is 14.0 Å². The highest BCUT2D eigenvalue weighted by molar-refractivity contribution is 5.96. The SMILES string of the molecule is COc1ccc2ncc(C#N)c(Nc3ccc(F)c(F)c3)c2c1. The molecule has 0 spiro atoms. The van der Waals surface area contributed by atoms with Crippen LogP contribution in [0.15, 0.2) is 42.6 Å². The highest BCUT2D eigenvalue weighted by Crippen LogP contribution is 2.31. The smallest absolute Gasteiger partial charge is 0.160 e. The minimum atomic E-state index is -0.968. The summed E-state index contributed by atoms with van der Waals surface area (Å²) in [5.74, 6) is -1.30. The van der Waals surface area contributed by atoms with Crippen LogP contribution in [0.1, 0.15) is 5.56 Å². The lowest BCUT2D eigenvalue weighted by molar-refractivity contribution is 0.415. The van der Waals surface area contributed by atoms with Gasteiger partial charge in [-0.05, 0) is 30.3 Å². The van der Waals surface area contributed by atoms with Gasteiger partial charge in [0.1, 0.15) is 11.8 Å². The topological polar surface area (TPSA) is 57.9 Å². The first kappa shape index (κ1) is 14.7. The number of benzene rings is 2. The standard InChI is InChI=1S/C17H11F2N3O/c1-23-12-3-5-16-13(7-12)17(10(8-20)9-21-16)22-11-2-4-14(18)15(19)6-11/h2-7,9H,1H3,(H,21,22). The molecular weight excluding hydrogens is 300 g/mol. The molecule has 0 saturated carbocycles. The lowest BCUT2D eigenvalue weighted by Crippen LogP contribution is -1.98. The average molecular weight is 311 g/mol. The fourth-order valence-electron chi connectivity index (χ4n) is 2.24. The molecule has 3 rings (SSSR count). The molecular formula is C17H11F2N3O. The highest BCUT2D eigenvalue weighted by Gasteiger charge is 2.11. The van der Waals surface area contributed by atoms with E-state index in [1.165, 1.54) is 19.4 Å². The van der Waals surface area contributed by atoms with Crippen molar-refractivity contribution in [2.24, 2.45) is 0 Å². The Balaban J connectivity index is 2.17. The number of hydrogen-bond donors (Lipinski definition) is 1. The Bertz CT molecular complexity index is 935. The molecule has 0 unspecified atom stereocenters. The third-order valence-corrected chi connectivity index (χ3v) is 3.38. The van der Waals surface area contributed by atoms with Crippen molar-refractivity contribution in [3.63, 3.8) is 0 Å². The zero-order chi connectivity index (χ0) is 16.4. The van der Waals surface area contributed by atoms with E-state index in [2.05, 4.69) is 10.3 Å². The third kappa shape index (κ3) is 2.77. The summed E-state index contributed by atoms with van der Waals surface area (Å²) >= 11 is 0. The minimum absolute atomic E-state index is 0.287. The van der Waals surface area contributed by atoms with Crippen molar-refractivity contribution in [3.05, 3.63) is 59.8 Å². The molecule has 0 atom stereocenters. The largest absolute Gasteiger partial charge is 0.497 e. The maximum atomic E-state index is 13.4. The molecule has 4 nitrogen and oxygen atoms in total. The van der Waals surface area contributed by atoms with Gasteiger partial charge in [-0.25, -0.2) is 8.78 Å². The third-order valence-electron chi connectivity index (χ3n) is 3.38. The molecule has 0 bridgehead atoms. The van der Waals surface area contributed by atoms with Gasteiger partial charge >= 0.3 is 0 Å². The van der Waals surface area contributed by atoms with Gasteiger partial charge in [-0.2, -0.15) is 5.26 Å². The van der Waals surface area contributed by atoms with Gasteiger partial charge < -0.3 is 10.1 Å². The number of halogens is 2. The Hall–Kier alpha value is -3.20. The number of anilines is 2. The minimum Gasteiger partial charge on any atom is -0.497 e. The summed E-state index contributed by atoms with van der Waals surface area (Å²) < 4.78 is 31.6. The van der Waals surface area contributed by atoms with Crippen LogP contribution < -0.4 is 10.1 Å². The number of hydrogen-bond acceptors (Lipinski definition) is 4. The van der Waals surface area contributed by atoms with Crippen molar-refractivity contribution in [2.75, 3.05) is 12.4 Å². The molecule has 3 aromatic rings. The number of nitrogens with zero attached hydrogens (tertiary/aromatic N) is 2. The Kier molecular flexibility index (Phi) is 3.77. The molecule has 1 aromatic heterocycles. The van der Waals surface area contributed by atoms with E-state index < -0.39 is 11.6 Å². The molecule has 1 N–H and O–H groups in total. The van der Waals surface area contributed by atoms with Crippen molar-refractivity contribution < 1.29 is 13.5 Å². The summed E-state index contributed by atoms with van der Waals surface area (Å²) in [6.45, 7) is 0. The summed E-state index contributed by atoms with van der Waals surface area (Å²) in [7, 11) is 1.53. The van der Waals surface area contributed by atoms with Crippen LogP contribution in [0, 0.1) is 23.0 Å². The molecule has 0 fully saturated rings. The van der Waals surface area contributed by atoms with Crippen LogP contribution in [0.25, 0.3) is 10.9 Å². The Morgan fingerprint density at radius 3 is 2.65 bits per heavy atom. The number of aromatic nitrogens is 1. The maximum Gasteiger partial charge on any atom is 0.160 e.